The van der Waals surface area contributed by atoms with Gasteiger partial charge in [-0.05, 0) is 12.1 Å². The zero-order chi connectivity index (χ0) is 12.5. The zero-order valence-electron chi connectivity index (χ0n) is 9.64. The Labute approximate surface area is 98.7 Å². The molecule has 0 spiro atoms. The molecule has 0 aliphatic carbocycles. The van der Waals surface area contributed by atoms with Crippen LogP contribution in [0.5, 0.6) is 5.88 Å². The monoisotopic (exact) mass is 244 g/mol. The number of aromatic nitrogens is 1. The lowest BCUT2D eigenvalue weighted by atomic mass is 10.5. The molecule has 1 rings (SSSR count). The number of carbonyl (C=O) groups is 1. The van der Waals surface area contributed by atoms with Gasteiger partial charge in [0.05, 0.1) is 19.8 Å². The maximum absolute atomic E-state index is 11.3. The molecule has 0 saturated heterocycles. The Bertz CT molecular complexity index is 339. The standard InChI is InChI=1S/C10H16N2O5/c1-8-6-10(12-17-8)16-7-9(14)11-2-4-15-5-3-13/h6,13H,2-5,7H2,1H3,(H,11,14). The van der Waals surface area contributed by atoms with E-state index in [4.69, 9.17) is 19.1 Å². The second kappa shape index (κ2) is 7.64. The number of nitrogens with one attached hydrogen (secondary N) is 1. The molecule has 0 aliphatic heterocycles. The second-order valence-electron chi connectivity index (χ2n) is 3.25. The molecule has 7 heteroatoms. The van der Waals surface area contributed by atoms with E-state index < -0.39 is 0 Å². The number of hydrogen-bond donors (Lipinski definition) is 2. The predicted molar refractivity (Wildman–Crippen MR) is 57.6 cm³/mol. The summed E-state index contributed by atoms with van der Waals surface area (Å²) in [6.07, 6.45) is 0. The number of rotatable bonds is 8. The van der Waals surface area contributed by atoms with E-state index in [9.17, 15) is 4.79 Å². The van der Waals surface area contributed by atoms with Gasteiger partial charge in [-0.1, -0.05) is 0 Å². The first-order chi connectivity index (χ1) is 8.22. The number of nitrogens with zero attached hydrogens (tertiary/aromatic N) is 1. The molecule has 2 N–H and O–H groups in total. The van der Waals surface area contributed by atoms with Gasteiger partial charge in [-0.15, -0.1) is 0 Å². The first-order valence-corrected chi connectivity index (χ1v) is 5.24. The van der Waals surface area contributed by atoms with Crippen molar-refractivity contribution < 1.29 is 23.9 Å². The molecular weight excluding hydrogens is 228 g/mol. The zero-order valence-corrected chi connectivity index (χ0v) is 9.64. The number of aliphatic hydroxyl groups excluding tert-OH is 1. The average Bonchev–Trinajstić information content (AvgIpc) is 2.72. The lowest BCUT2D eigenvalue weighted by molar-refractivity contribution is -0.123. The SMILES string of the molecule is Cc1cc(OCC(=O)NCCOCCO)no1. The Morgan fingerprint density at radius 2 is 2.41 bits per heavy atom. The molecule has 1 aromatic heterocycles. The van der Waals surface area contributed by atoms with E-state index in [1.807, 2.05) is 0 Å². The van der Waals surface area contributed by atoms with E-state index in [0.717, 1.165) is 0 Å². The fourth-order valence-electron chi connectivity index (χ4n) is 1.03. The van der Waals surface area contributed by atoms with Gasteiger partial charge in [0.15, 0.2) is 6.61 Å². The molecule has 0 aromatic carbocycles. The summed E-state index contributed by atoms with van der Waals surface area (Å²) in [6, 6.07) is 1.59. The van der Waals surface area contributed by atoms with Gasteiger partial charge in [-0.25, -0.2) is 0 Å². The minimum absolute atomic E-state index is 0.0252. The topological polar surface area (TPSA) is 93.8 Å². The molecule has 0 bridgehead atoms. The van der Waals surface area contributed by atoms with E-state index in [1.54, 1.807) is 13.0 Å². The maximum atomic E-state index is 11.3. The summed E-state index contributed by atoms with van der Waals surface area (Å²) in [4.78, 5) is 11.3. The van der Waals surface area contributed by atoms with Crippen molar-refractivity contribution in [2.75, 3.05) is 33.0 Å². The lowest BCUT2D eigenvalue weighted by Crippen LogP contribution is -2.31. The van der Waals surface area contributed by atoms with Crippen LogP contribution in [-0.4, -0.2) is 49.1 Å². The summed E-state index contributed by atoms with van der Waals surface area (Å²) < 4.78 is 14.8. The minimum atomic E-state index is -0.266. The van der Waals surface area contributed by atoms with Gasteiger partial charge >= 0.3 is 0 Å². The third kappa shape index (κ3) is 5.88. The Hall–Kier alpha value is -1.60. The van der Waals surface area contributed by atoms with Crippen LogP contribution >= 0.6 is 0 Å². The van der Waals surface area contributed by atoms with E-state index in [2.05, 4.69) is 10.5 Å². The second-order valence-corrected chi connectivity index (χ2v) is 3.25. The van der Waals surface area contributed by atoms with Gasteiger partial charge in [-0.3, -0.25) is 4.79 Å². The molecule has 17 heavy (non-hydrogen) atoms. The highest BCUT2D eigenvalue weighted by Crippen LogP contribution is 2.08. The van der Waals surface area contributed by atoms with E-state index in [1.165, 1.54) is 0 Å². The summed E-state index contributed by atoms with van der Waals surface area (Å²) >= 11 is 0. The van der Waals surface area contributed by atoms with Gasteiger partial charge in [0.25, 0.3) is 11.8 Å². The van der Waals surface area contributed by atoms with Crippen LogP contribution in [0.15, 0.2) is 10.6 Å². The number of ether oxygens (including phenoxy) is 2. The van der Waals surface area contributed by atoms with Crippen molar-refractivity contribution in [1.82, 2.24) is 10.5 Å². The highest BCUT2D eigenvalue weighted by molar-refractivity contribution is 5.77. The van der Waals surface area contributed by atoms with Crippen molar-refractivity contribution in [2.24, 2.45) is 0 Å². The highest BCUT2D eigenvalue weighted by Gasteiger charge is 2.05. The van der Waals surface area contributed by atoms with Gasteiger partial charge in [0, 0.05) is 12.6 Å². The van der Waals surface area contributed by atoms with Crippen molar-refractivity contribution in [1.29, 1.82) is 0 Å². The summed E-state index contributed by atoms with van der Waals surface area (Å²) in [7, 11) is 0. The lowest BCUT2D eigenvalue weighted by Gasteiger charge is -2.05. The van der Waals surface area contributed by atoms with Crippen LogP contribution in [0.1, 0.15) is 5.76 Å². The van der Waals surface area contributed by atoms with Crippen molar-refractivity contribution in [2.45, 2.75) is 6.92 Å². The highest BCUT2D eigenvalue weighted by atomic mass is 16.5. The van der Waals surface area contributed by atoms with Crippen LogP contribution in [0.25, 0.3) is 0 Å². The van der Waals surface area contributed by atoms with Crippen LogP contribution in [0, 0.1) is 6.92 Å². The van der Waals surface area contributed by atoms with Crippen LogP contribution in [0.3, 0.4) is 0 Å². The summed E-state index contributed by atoms with van der Waals surface area (Å²) in [5, 5.41) is 14.6. The molecular formula is C10H16N2O5. The van der Waals surface area contributed by atoms with Gasteiger partial charge in [0.1, 0.15) is 5.76 Å². The fourth-order valence-corrected chi connectivity index (χ4v) is 1.03. The molecule has 7 nitrogen and oxygen atoms in total. The molecule has 1 amide bonds. The number of hydrogen-bond acceptors (Lipinski definition) is 6. The number of aryl methyl sites for hydroxylation is 1. The number of aliphatic hydroxyl groups is 1. The average molecular weight is 244 g/mol. The van der Waals surface area contributed by atoms with Gasteiger partial charge in [0.2, 0.25) is 0 Å². The molecule has 0 saturated carbocycles. The Balaban J connectivity index is 2.05. The molecule has 0 fully saturated rings. The summed E-state index contributed by atoms with van der Waals surface area (Å²) in [5.74, 6) is 0.644. The molecule has 0 atom stereocenters. The van der Waals surface area contributed by atoms with E-state index in [-0.39, 0.29) is 31.6 Å². The molecule has 0 unspecified atom stereocenters. The minimum Gasteiger partial charge on any atom is -0.465 e. The molecule has 0 aliphatic rings. The molecule has 0 radical (unpaired) electrons. The smallest absolute Gasteiger partial charge is 0.258 e. The third-order valence-corrected chi connectivity index (χ3v) is 1.76. The van der Waals surface area contributed by atoms with Crippen LogP contribution in [0.4, 0.5) is 0 Å². The normalized spacial score (nSPS) is 10.2. The van der Waals surface area contributed by atoms with E-state index in [0.29, 0.717) is 18.9 Å². The van der Waals surface area contributed by atoms with Gasteiger partial charge in [-0.2, -0.15) is 0 Å². The van der Waals surface area contributed by atoms with Crippen molar-refractivity contribution >= 4 is 5.91 Å². The fraction of sp³-hybridized carbons (Fsp3) is 0.600. The first-order valence-electron chi connectivity index (χ1n) is 5.24. The Morgan fingerprint density at radius 3 is 3.06 bits per heavy atom. The van der Waals surface area contributed by atoms with Crippen LogP contribution < -0.4 is 10.1 Å². The summed E-state index contributed by atoms with van der Waals surface area (Å²) in [5.41, 5.74) is 0. The van der Waals surface area contributed by atoms with Crippen molar-refractivity contribution in [3.05, 3.63) is 11.8 Å². The first kappa shape index (κ1) is 13.5. The van der Waals surface area contributed by atoms with Crippen molar-refractivity contribution in [3.63, 3.8) is 0 Å². The quantitative estimate of drug-likeness (QED) is 0.598. The molecule has 1 heterocycles. The van der Waals surface area contributed by atoms with Crippen LogP contribution in [-0.2, 0) is 9.53 Å². The summed E-state index contributed by atoms with van der Waals surface area (Å²) in [6.45, 7) is 2.59. The third-order valence-electron chi connectivity index (χ3n) is 1.76. The molecule has 96 valence electrons. The Kier molecular flexibility index (Phi) is 6.05. The van der Waals surface area contributed by atoms with Crippen molar-refractivity contribution in [3.8, 4) is 5.88 Å². The molecule has 1 aromatic rings. The van der Waals surface area contributed by atoms with Gasteiger partial charge < -0.3 is 24.4 Å². The van der Waals surface area contributed by atoms with E-state index >= 15 is 0 Å². The van der Waals surface area contributed by atoms with Crippen LogP contribution in [0.2, 0.25) is 0 Å². The number of amides is 1. The maximum Gasteiger partial charge on any atom is 0.258 e. The Morgan fingerprint density at radius 1 is 1.59 bits per heavy atom. The largest absolute Gasteiger partial charge is 0.465 e. The number of carbonyl (C=O) groups excluding carboxylic acids is 1. The predicted octanol–water partition coefficient (Wildman–Crippen LogP) is -0.513.